The normalized spacial score (nSPS) is 12.6. The Bertz CT molecular complexity index is 1070. The van der Waals surface area contributed by atoms with Crippen molar-refractivity contribution in [3.8, 4) is 11.5 Å². The van der Waals surface area contributed by atoms with Crippen molar-refractivity contribution in [2.24, 2.45) is 0 Å². The summed E-state index contributed by atoms with van der Waals surface area (Å²) < 4.78 is 12.4. The van der Waals surface area contributed by atoms with Crippen molar-refractivity contribution in [2.75, 3.05) is 20.1 Å². The maximum absolute atomic E-state index is 12.8. The van der Waals surface area contributed by atoms with Gasteiger partial charge in [0.1, 0.15) is 0 Å². The quantitative estimate of drug-likeness (QED) is 0.609. The van der Waals surface area contributed by atoms with Gasteiger partial charge in [0.2, 0.25) is 17.9 Å². The molecule has 0 saturated carbocycles. The molecule has 9 heteroatoms. The van der Waals surface area contributed by atoms with Crippen LogP contribution in [0.15, 0.2) is 23.4 Å². The summed E-state index contributed by atoms with van der Waals surface area (Å²) in [5.41, 5.74) is 3.56. The number of likely N-dealkylation sites (N-methyl/N-ethyl adjacent to an activating group) is 1. The lowest BCUT2D eigenvalue weighted by Gasteiger charge is -2.19. The Hall–Kier alpha value is -2.81. The van der Waals surface area contributed by atoms with E-state index in [0.29, 0.717) is 17.5 Å². The van der Waals surface area contributed by atoms with Crippen LogP contribution in [0.1, 0.15) is 22.5 Å². The number of thioether (sulfide) groups is 1. The monoisotopic (exact) mass is 399 g/mol. The molecule has 4 rings (SSSR count). The standard InChI is InChI=1S/C19H21N5O3S/c1-11-14(12(2)24-18(20-11)21-19(22-24)28-4)8-17(25)23(3)9-13-5-6-15-16(7-13)27-10-26-15/h5-7H,8-10H2,1-4H3. The number of benzene rings is 1. The van der Waals surface area contributed by atoms with Gasteiger partial charge in [0, 0.05) is 30.5 Å². The third-order valence-corrected chi connectivity index (χ3v) is 5.36. The summed E-state index contributed by atoms with van der Waals surface area (Å²) in [6.45, 7) is 4.58. The van der Waals surface area contributed by atoms with Crippen molar-refractivity contribution in [3.05, 3.63) is 40.7 Å². The molecule has 8 nitrogen and oxygen atoms in total. The van der Waals surface area contributed by atoms with Crippen molar-refractivity contribution < 1.29 is 14.3 Å². The van der Waals surface area contributed by atoms with Crippen LogP contribution >= 0.6 is 11.8 Å². The molecular weight excluding hydrogens is 378 g/mol. The number of hydrogen-bond donors (Lipinski definition) is 0. The summed E-state index contributed by atoms with van der Waals surface area (Å²) in [4.78, 5) is 23.4. The van der Waals surface area contributed by atoms with Crippen LogP contribution in [0.4, 0.5) is 0 Å². The highest BCUT2D eigenvalue weighted by Crippen LogP contribution is 2.32. The second kappa shape index (κ2) is 7.31. The maximum Gasteiger partial charge on any atom is 0.253 e. The average Bonchev–Trinajstić information content (AvgIpc) is 3.30. The van der Waals surface area contributed by atoms with E-state index in [2.05, 4.69) is 15.1 Å². The van der Waals surface area contributed by atoms with Crippen molar-refractivity contribution >= 4 is 23.4 Å². The smallest absolute Gasteiger partial charge is 0.253 e. The minimum atomic E-state index is 0.00946. The van der Waals surface area contributed by atoms with Gasteiger partial charge in [-0.1, -0.05) is 17.8 Å². The molecular formula is C19H21N5O3S. The van der Waals surface area contributed by atoms with Crippen LogP contribution in [0.3, 0.4) is 0 Å². The Labute approximate surface area is 166 Å². The molecule has 0 bridgehead atoms. The first-order chi connectivity index (χ1) is 13.5. The van der Waals surface area contributed by atoms with Gasteiger partial charge in [0.05, 0.1) is 6.42 Å². The largest absolute Gasteiger partial charge is 0.454 e. The molecule has 146 valence electrons. The van der Waals surface area contributed by atoms with Gasteiger partial charge in [-0.05, 0) is 37.8 Å². The number of nitrogens with zero attached hydrogens (tertiary/aromatic N) is 5. The number of fused-ring (bicyclic) bond motifs is 2. The van der Waals surface area contributed by atoms with Gasteiger partial charge < -0.3 is 14.4 Å². The summed E-state index contributed by atoms with van der Waals surface area (Å²) in [7, 11) is 1.80. The van der Waals surface area contributed by atoms with Crippen LogP contribution in [0.5, 0.6) is 11.5 Å². The maximum atomic E-state index is 12.8. The molecule has 0 aliphatic carbocycles. The van der Waals surface area contributed by atoms with Crippen molar-refractivity contribution in [3.63, 3.8) is 0 Å². The van der Waals surface area contributed by atoms with Crippen LogP contribution in [-0.2, 0) is 17.8 Å². The zero-order valence-electron chi connectivity index (χ0n) is 16.2. The van der Waals surface area contributed by atoms with Gasteiger partial charge >= 0.3 is 0 Å². The number of hydrogen-bond acceptors (Lipinski definition) is 7. The number of ether oxygens (including phenoxy) is 2. The first-order valence-corrected chi connectivity index (χ1v) is 10.1. The van der Waals surface area contributed by atoms with E-state index in [9.17, 15) is 4.79 Å². The highest BCUT2D eigenvalue weighted by Gasteiger charge is 2.19. The lowest BCUT2D eigenvalue weighted by Crippen LogP contribution is -2.28. The molecule has 0 unspecified atom stereocenters. The van der Waals surface area contributed by atoms with Crippen molar-refractivity contribution in [1.29, 1.82) is 0 Å². The van der Waals surface area contributed by atoms with E-state index >= 15 is 0 Å². The molecule has 1 amide bonds. The topological polar surface area (TPSA) is 81.9 Å². The molecule has 1 aromatic carbocycles. The zero-order chi connectivity index (χ0) is 19.8. The summed E-state index contributed by atoms with van der Waals surface area (Å²) >= 11 is 1.47. The van der Waals surface area contributed by atoms with Crippen molar-refractivity contribution in [2.45, 2.75) is 32.0 Å². The molecule has 0 radical (unpaired) electrons. The number of carbonyl (C=O) groups is 1. The molecule has 1 aliphatic heterocycles. The summed E-state index contributed by atoms with van der Waals surface area (Å²) in [6.07, 6.45) is 2.18. The number of aromatic nitrogens is 4. The molecule has 1 aliphatic rings. The number of rotatable bonds is 5. The van der Waals surface area contributed by atoms with E-state index in [0.717, 1.165) is 34.0 Å². The lowest BCUT2D eigenvalue weighted by molar-refractivity contribution is -0.129. The molecule has 0 atom stereocenters. The predicted molar refractivity (Wildman–Crippen MR) is 105 cm³/mol. The lowest BCUT2D eigenvalue weighted by atomic mass is 10.1. The number of amides is 1. The van der Waals surface area contributed by atoms with Crippen LogP contribution in [0.25, 0.3) is 5.78 Å². The fourth-order valence-corrected chi connectivity index (χ4v) is 3.56. The van der Waals surface area contributed by atoms with Crippen LogP contribution in [0, 0.1) is 13.8 Å². The molecule has 0 saturated heterocycles. The van der Waals surface area contributed by atoms with E-state index in [4.69, 9.17) is 9.47 Å². The minimum Gasteiger partial charge on any atom is -0.454 e. The molecule has 3 aromatic rings. The van der Waals surface area contributed by atoms with Crippen LogP contribution < -0.4 is 9.47 Å². The van der Waals surface area contributed by atoms with Gasteiger partial charge in [0.15, 0.2) is 11.5 Å². The molecule has 0 fully saturated rings. The minimum absolute atomic E-state index is 0.00946. The van der Waals surface area contributed by atoms with E-state index in [1.807, 2.05) is 38.3 Å². The van der Waals surface area contributed by atoms with Crippen molar-refractivity contribution in [1.82, 2.24) is 24.5 Å². The fraction of sp³-hybridized carbons (Fsp3) is 0.368. The van der Waals surface area contributed by atoms with Gasteiger partial charge in [-0.25, -0.2) is 9.50 Å². The summed E-state index contributed by atoms with van der Waals surface area (Å²) in [6, 6.07) is 5.73. The van der Waals surface area contributed by atoms with E-state index in [1.54, 1.807) is 16.5 Å². The average molecular weight is 399 g/mol. The Morgan fingerprint density at radius 1 is 1.25 bits per heavy atom. The first-order valence-electron chi connectivity index (χ1n) is 8.85. The van der Waals surface area contributed by atoms with Crippen LogP contribution in [-0.4, -0.2) is 50.5 Å². The van der Waals surface area contributed by atoms with E-state index in [1.165, 1.54) is 11.8 Å². The molecule has 0 N–H and O–H groups in total. The highest BCUT2D eigenvalue weighted by molar-refractivity contribution is 7.98. The Kier molecular flexibility index (Phi) is 4.84. The number of carbonyl (C=O) groups excluding carboxylic acids is 1. The highest BCUT2D eigenvalue weighted by atomic mass is 32.2. The van der Waals surface area contributed by atoms with Gasteiger partial charge in [0.25, 0.3) is 5.78 Å². The molecule has 2 aromatic heterocycles. The number of aryl methyl sites for hydroxylation is 2. The molecule has 3 heterocycles. The summed E-state index contributed by atoms with van der Waals surface area (Å²) in [5.74, 6) is 2.02. The SMILES string of the molecule is CSc1nc2nc(C)c(CC(=O)N(C)Cc3ccc4c(c3)OCO4)c(C)n2n1. The predicted octanol–water partition coefficient (Wildman–Crippen LogP) is 2.39. The van der Waals surface area contributed by atoms with Gasteiger partial charge in [-0.15, -0.1) is 5.10 Å². The Balaban J connectivity index is 1.52. The van der Waals surface area contributed by atoms with E-state index < -0.39 is 0 Å². The first kappa shape index (κ1) is 18.5. The second-order valence-corrected chi connectivity index (χ2v) is 7.46. The molecule has 28 heavy (non-hydrogen) atoms. The Morgan fingerprint density at radius 3 is 2.82 bits per heavy atom. The fourth-order valence-electron chi connectivity index (χ4n) is 3.22. The van der Waals surface area contributed by atoms with E-state index in [-0.39, 0.29) is 19.1 Å². The third kappa shape index (κ3) is 3.37. The van der Waals surface area contributed by atoms with Gasteiger partial charge in [-0.2, -0.15) is 4.98 Å². The zero-order valence-corrected chi connectivity index (χ0v) is 17.0. The third-order valence-electron chi connectivity index (χ3n) is 4.82. The van der Waals surface area contributed by atoms with Gasteiger partial charge in [-0.3, -0.25) is 4.79 Å². The van der Waals surface area contributed by atoms with Crippen LogP contribution in [0.2, 0.25) is 0 Å². The molecule has 0 spiro atoms. The summed E-state index contributed by atoms with van der Waals surface area (Å²) in [5, 5.41) is 5.11. The second-order valence-electron chi connectivity index (χ2n) is 6.69. The Morgan fingerprint density at radius 2 is 2.04 bits per heavy atom.